The second kappa shape index (κ2) is 4.63. The van der Waals surface area contributed by atoms with Gasteiger partial charge in [0.15, 0.2) is 0 Å². The first-order valence-corrected chi connectivity index (χ1v) is 7.09. The van der Waals surface area contributed by atoms with Gasteiger partial charge in [-0.1, -0.05) is 13.8 Å². The first-order valence-electron chi connectivity index (χ1n) is 7.09. The fourth-order valence-electron chi connectivity index (χ4n) is 3.41. The van der Waals surface area contributed by atoms with Crippen LogP contribution in [0.1, 0.15) is 30.8 Å². The molecular formula is C14H22N4O. The van der Waals surface area contributed by atoms with E-state index in [4.69, 9.17) is 0 Å². The van der Waals surface area contributed by atoms with E-state index in [1.165, 1.54) is 19.5 Å². The molecule has 1 N–H and O–H groups in total. The summed E-state index contributed by atoms with van der Waals surface area (Å²) in [5.74, 6) is 0.809. The molecule has 2 saturated heterocycles. The highest BCUT2D eigenvalue weighted by Crippen LogP contribution is 2.40. The zero-order chi connectivity index (χ0) is 13.5. The van der Waals surface area contributed by atoms with Crippen molar-refractivity contribution in [2.24, 2.45) is 11.3 Å². The third kappa shape index (κ3) is 2.39. The van der Waals surface area contributed by atoms with Crippen molar-refractivity contribution < 1.29 is 4.79 Å². The summed E-state index contributed by atoms with van der Waals surface area (Å²) in [6, 6.07) is 1.74. The number of nitrogens with one attached hydrogen (secondary N) is 1. The number of likely N-dealkylation sites (tertiary alicyclic amines) is 2. The largest absolute Gasteiger partial charge is 0.336 e. The number of nitrogens with zero attached hydrogens (tertiary/aromatic N) is 3. The summed E-state index contributed by atoms with van der Waals surface area (Å²) < 4.78 is 0. The summed E-state index contributed by atoms with van der Waals surface area (Å²) in [5.41, 5.74) is 0.969. The van der Waals surface area contributed by atoms with E-state index in [-0.39, 0.29) is 5.91 Å². The van der Waals surface area contributed by atoms with Gasteiger partial charge in [-0.3, -0.25) is 9.89 Å². The summed E-state index contributed by atoms with van der Waals surface area (Å²) in [5, 5.41) is 6.59. The van der Waals surface area contributed by atoms with Crippen LogP contribution in [-0.4, -0.2) is 58.6 Å². The minimum absolute atomic E-state index is 0.0884. The predicted octanol–water partition coefficient (Wildman–Crippen LogP) is 1.21. The molecular weight excluding hydrogens is 240 g/mol. The summed E-state index contributed by atoms with van der Waals surface area (Å²) in [7, 11) is 0. The smallest absolute Gasteiger partial charge is 0.271 e. The summed E-state index contributed by atoms with van der Waals surface area (Å²) in [6.07, 6.45) is 2.86. The first kappa shape index (κ1) is 12.7. The Morgan fingerprint density at radius 1 is 1.47 bits per heavy atom. The fourth-order valence-corrected chi connectivity index (χ4v) is 3.41. The maximum Gasteiger partial charge on any atom is 0.271 e. The van der Waals surface area contributed by atoms with E-state index in [0.717, 1.165) is 25.6 Å². The summed E-state index contributed by atoms with van der Waals surface area (Å²) in [6.45, 7) is 9.84. The molecule has 1 aromatic heterocycles. The number of carbonyl (C=O) groups excluding carboxylic acids is 1. The number of amides is 1. The molecule has 0 saturated carbocycles. The Bertz CT molecular complexity index is 448. The molecule has 1 spiro atoms. The summed E-state index contributed by atoms with van der Waals surface area (Å²) in [4.78, 5) is 16.6. The van der Waals surface area contributed by atoms with Crippen molar-refractivity contribution in [1.29, 1.82) is 0 Å². The van der Waals surface area contributed by atoms with Crippen molar-refractivity contribution >= 4 is 5.91 Å². The second-order valence-corrected chi connectivity index (χ2v) is 6.51. The van der Waals surface area contributed by atoms with Crippen molar-refractivity contribution in [2.75, 3.05) is 32.7 Å². The Kier molecular flexibility index (Phi) is 3.09. The molecule has 0 atom stereocenters. The molecule has 104 valence electrons. The molecule has 0 aromatic carbocycles. The van der Waals surface area contributed by atoms with E-state index in [1.54, 1.807) is 12.3 Å². The van der Waals surface area contributed by atoms with Gasteiger partial charge in [0, 0.05) is 37.8 Å². The molecule has 2 fully saturated rings. The van der Waals surface area contributed by atoms with Crippen LogP contribution in [0.3, 0.4) is 0 Å². The Labute approximate surface area is 114 Å². The Morgan fingerprint density at radius 3 is 2.89 bits per heavy atom. The highest BCUT2D eigenvalue weighted by Gasteiger charge is 2.49. The third-order valence-corrected chi connectivity index (χ3v) is 4.21. The second-order valence-electron chi connectivity index (χ2n) is 6.51. The van der Waals surface area contributed by atoms with Gasteiger partial charge in [0.2, 0.25) is 0 Å². The number of hydrogen-bond donors (Lipinski definition) is 1. The molecule has 0 aliphatic carbocycles. The normalized spacial score (nSPS) is 22.2. The molecule has 1 amide bonds. The van der Waals surface area contributed by atoms with E-state index in [1.807, 2.05) is 4.90 Å². The van der Waals surface area contributed by atoms with Crippen LogP contribution in [0.25, 0.3) is 0 Å². The highest BCUT2D eigenvalue weighted by molar-refractivity contribution is 5.92. The molecule has 19 heavy (non-hydrogen) atoms. The molecule has 0 unspecified atom stereocenters. The van der Waals surface area contributed by atoms with Gasteiger partial charge in [0.1, 0.15) is 5.69 Å². The van der Waals surface area contributed by atoms with Crippen molar-refractivity contribution in [3.8, 4) is 0 Å². The van der Waals surface area contributed by atoms with Crippen molar-refractivity contribution in [2.45, 2.75) is 20.3 Å². The maximum absolute atomic E-state index is 12.1. The molecule has 2 aliphatic rings. The minimum Gasteiger partial charge on any atom is -0.336 e. The average molecular weight is 262 g/mol. The lowest BCUT2D eigenvalue weighted by Gasteiger charge is -2.48. The lowest BCUT2D eigenvalue weighted by molar-refractivity contribution is 0.00980. The quantitative estimate of drug-likeness (QED) is 0.891. The van der Waals surface area contributed by atoms with Gasteiger partial charge in [-0.05, 0) is 24.9 Å². The van der Waals surface area contributed by atoms with Gasteiger partial charge in [0.25, 0.3) is 5.91 Å². The van der Waals surface area contributed by atoms with Crippen molar-refractivity contribution in [3.63, 3.8) is 0 Å². The number of aromatic nitrogens is 2. The number of carbonyl (C=O) groups is 1. The molecule has 5 nitrogen and oxygen atoms in total. The van der Waals surface area contributed by atoms with Gasteiger partial charge in [-0.2, -0.15) is 5.10 Å². The van der Waals surface area contributed by atoms with Gasteiger partial charge in [0.05, 0.1) is 0 Å². The van der Waals surface area contributed by atoms with Gasteiger partial charge >= 0.3 is 0 Å². The van der Waals surface area contributed by atoms with Crippen molar-refractivity contribution in [1.82, 2.24) is 20.0 Å². The molecule has 5 heteroatoms. The molecule has 0 bridgehead atoms. The zero-order valence-corrected chi connectivity index (χ0v) is 11.7. The van der Waals surface area contributed by atoms with Crippen LogP contribution < -0.4 is 0 Å². The van der Waals surface area contributed by atoms with Crippen LogP contribution in [-0.2, 0) is 0 Å². The molecule has 1 aromatic rings. The first-order chi connectivity index (χ1) is 9.08. The van der Waals surface area contributed by atoms with E-state index in [0.29, 0.717) is 11.1 Å². The van der Waals surface area contributed by atoms with E-state index in [2.05, 4.69) is 28.9 Å². The summed E-state index contributed by atoms with van der Waals surface area (Å²) >= 11 is 0. The SMILES string of the molecule is CC(C)CN1CCC2(C1)CN(C(=O)c1ccn[nH]1)C2. The van der Waals surface area contributed by atoms with E-state index >= 15 is 0 Å². The number of aromatic amines is 1. The molecule has 0 radical (unpaired) electrons. The fraction of sp³-hybridized carbons (Fsp3) is 0.714. The maximum atomic E-state index is 12.1. The number of H-pyrrole nitrogens is 1. The predicted molar refractivity (Wildman–Crippen MR) is 72.8 cm³/mol. The van der Waals surface area contributed by atoms with Crippen molar-refractivity contribution in [3.05, 3.63) is 18.0 Å². The van der Waals surface area contributed by atoms with Gasteiger partial charge in [-0.15, -0.1) is 0 Å². The Hall–Kier alpha value is -1.36. The monoisotopic (exact) mass is 262 g/mol. The average Bonchev–Trinajstić information content (AvgIpc) is 2.93. The zero-order valence-electron chi connectivity index (χ0n) is 11.7. The topological polar surface area (TPSA) is 52.2 Å². The van der Waals surface area contributed by atoms with Crippen LogP contribution in [0.15, 0.2) is 12.3 Å². The highest BCUT2D eigenvalue weighted by atomic mass is 16.2. The van der Waals surface area contributed by atoms with Crippen LogP contribution in [0.4, 0.5) is 0 Å². The van der Waals surface area contributed by atoms with Crippen LogP contribution in [0.2, 0.25) is 0 Å². The lowest BCUT2D eigenvalue weighted by atomic mass is 9.79. The molecule has 3 rings (SSSR count). The molecule has 3 heterocycles. The van der Waals surface area contributed by atoms with Crippen LogP contribution in [0, 0.1) is 11.3 Å². The number of hydrogen-bond acceptors (Lipinski definition) is 3. The standard InChI is InChI=1S/C14H22N4O/c1-11(2)7-17-6-4-14(8-17)9-18(10-14)13(19)12-3-5-15-16-12/h3,5,11H,4,6-10H2,1-2H3,(H,15,16). The van der Waals surface area contributed by atoms with Crippen LogP contribution in [0.5, 0.6) is 0 Å². The Balaban J connectivity index is 1.54. The Morgan fingerprint density at radius 2 is 2.26 bits per heavy atom. The minimum atomic E-state index is 0.0884. The lowest BCUT2D eigenvalue weighted by Crippen LogP contribution is -2.59. The van der Waals surface area contributed by atoms with Crippen LogP contribution >= 0.6 is 0 Å². The van der Waals surface area contributed by atoms with Gasteiger partial charge in [-0.25, -0.2) is 0 Å². The number of rotatable bonds is 3. The molecule has 2 aliphatic heterocycles. The van der Waals surface area contributed by atoms with E-state index in [9.17, 15) is 4.79 Å². The van der Waals surface area contributed by atoms with E-state index < -0.39 is 0 Å². The third-order valence-electron chi connectivity index (χ3n) is 4.21. The van der Waals surface area contributed by atoms with Gasteiger partial charge < -0.3 is 9.80 Å².